The van der Waals surface area contributed by atoms with E-state index in [0.717, 1.165) is 10.2 Å². The first-order chi connectivity index (χ1) is 14.8. The Morgan fingerprint density at radius 3 is 2.61 bits per heavy atom. The minimum atomic E-state index is -0.393. The third-order valence-electron chi connectivity index (χ3n) is 4.19. The summed E-state index contributed by atoms with van der Waals surface area (Å²) in [6.07, 6.45) is 2.99. The first kappa shape index (κ1) is 20.1. The van der Waals surface area contributed by atoms with Gasteiger partial charge in [-0.1, -0.05) is 12.1 Å². The number of nitrogen functional groups attached to an aromatic ring is 1. The number of aromatic nitrogens is 4. The van der Waals surface area contributed by atoms with Gasteiger partial charge in [0.05, 0.1) is 6.20 Å². The summed E-state index contributed by atoms with van der Waals surface area (Å²) in [5.74, 6) is 1.10. The molecular formula is C22H22N6O3. The Bertz CT molecular complexity index is 1190. The molecule has 2 aromatic carbocycles. The van der Waals surface area contributed by atoms with Crippen LogP contribution in [0.25, 0.3) is 11.3 Å². The summed E-state index contributed by atoms with van der Waals surface area (Å²) in [6.45, 7) is 5.87. The highest BCUT2D eigenvalue weighted by Gasteiger charge is 2.17. The van der Waals surface area contributed by atoms with Gasteiger partial charge < -0.3 is 20.2 Å². The number of carbonyl (C=O) groups excluding carboxylic acids is 1. The highest BCUT2D eigenvalue weighted by atomic mass is 16.5. The molecule has 0 radical (unpaired) electrons. The number of rotatable bonds is 5. The molecule has 0 unspecified atom stereocenters. The van der Waals surface area contributed by atoms with Gasteiger partial charge in [-0.05, 0) is 57.2 Å². The Labute approximate surface area is 178 Å². The van der Waals surface area contributed by atoms with Gasteiger partial charge in [0, 0.05) is 16.8 Å². The van der Waals surface area contributed by atoms with E-state index in [1.807, 2.05) is 45.0 Å². The van der Waals surface area contributed by atoms with Gasteiger partial charge in [-0.2, -0.15) is 9.67 Å². The zero-order valence-electron chi connectivity index (χ0n) is 17.4. The fraction of sp³-hybridized carbons (Fsp3) is 0.182. The lowest BCUT2D eigenvalue weighted by molar-refractivity contribution is 0.0948. The molecule has 0 spiro atoms. The molecule has 0 bridgehead atoms. The van der Waals surface area contributed by atoms with Crippen LogP contribution < -0.4 is 15.8 Å². The molecule has 0 fully saturated rings. The molecule has 0 saturated carbocycles. The summed E-state index contributed by atoms with van der Waals surface area (Å²) in [5.41, 5.74) is 7.57. The predicted octanol–water partition coefficient (Wildman–Crippen LogP) is 4.12. The van der Waals surface area contributed by atoms with Gasteiger partial charge in [-0.15, -0.1) is 5.10 Å². The highest BCUT2D eigenvalue weighted by molar-refractivity contribution is 5.97. The van der Waals surface area contributed by atoms with Crippen molar-refractivity contribution < 1.29 is 13.9 Å². The third-order valence-corrected chi connectivity index (χ3v) is 4.19. The van der Waals surface area contributed by atoms with E-state index in [9.17, 15) is 4.79 Å². The van der Waals surface area contributed by atoms with Crippen molar-refractivity contribution in [1.82, 2.24) is 19.7 Å². The SMILES string of the molecule is CC(C)(C)Oc1ccc(C(=O)n2nc(Nc3cccc(-c4cnco4)c3)nc2N)cc1. The summed E-state index contributed by atoms with van der Waals surface area (Å²) >= 11 is 0. The Kier molecular flexibility index (Phi) is 5.16. The van der Waals surface area contributed by atoms with Crippen molar-refractivity contribution in [2.24, 2.45) is 0 Å². The molecule has 4 rings (SSSR count). The molecule has 2 aromatic heterocycles. The van der Waals surface area contributed by atoms with E-state index in [1.54, 1.807) is 30.5 Å². The van der Waals surface area contributed by atoms with Gasteiger partial charge in [0.15, 0.2) is 12.2 Å². The molecule has 9 heteroatoms. The van der Waals surface area contributed by atoms with Gasteiger partial charge in [0.2, 0.25) is 11.9 Å². The number of benzene rings is 2. The van der Waals surface area contributed by atoms with Gasteiger partial charge in [0.1, 0.15) is 11.4 Å². The Morgan fingerprint density at radius 1 is 1.16 bits per heavy atom. The lowest BCUT2D eigenvalue weighted by atomic mass is 10.1. The van der Waals surface area contributed by atoms with Crippen molar-refractivity contribution in [2.75, 3.05) is 11.1 Å². The molecule has 0 aliphatic rings. The van der Waals surface area contributed by atoms with Crippen molar-refractivity contribution in [3.8, 4) is 17.1 Å². The van der Waals surface area contributed by atoms with Gasteiger partial charge >= 0.3 is 0 Å². The lowest BCUT2D eigenvalue weighted by Gasteiger charge is -2.21. The predicted molar refractivity (Wildman–Crippen MR) is 116 cm³/mol. The summed E-state index contributed by atoms with van der Waals surface area (Å²) in [5, 5.41) is 7.26. The topological polar surface area (TPSA) is 121 Å². The zero-order chi connectivity index (χ0) is 22.0. The van der Waals surface area contributed by atoms with Crippen LogP contribution in [-0.4, -0.2) is 31.3 Å². The van der Waals surface area contributed by atoms with Crippen LogP contribution in [0.4, 0.5) is 17.6 Å². The monoisotopic (exact) mass is 418 g/mol. The van der Waals surface area contributed by atoms with Crippen LogP contribution in [0.15, 0.2) is 65.5 Å². The number of hydrogen-bond donors (Lipinski definition) is 2. The molecule has 158 valence electrons. The minimum Gasteiger partial charge on any atom is -0.488 e. The Balaban J connectivity index is 1.51. The van der Waals surface area contributed by atoms with E-state index in [1.165, 1.54) is 6.39 Å². The van der Waals surface area contributed by atoms with E-state index in [4.69, 9.17) is 14.9 Å². The van der Waals surface area contributed by atoms with Crippen molar-refractivity contribution in [2.45, 2.75) is 26.4 Å². The average molecular weight is 418 g/mol. The smallest absolute Gasteiger partial charge is 0.281 e. The van der Waals surface area contributed by atoms with Crippen molar-refractivity contribution in [3.63, 3.8) is 0 Å². The van der Waals surface area contributed by atoms with E-state index in [0.29, 0.717) is 22.8 Å². The van der Waals surface area contributed by atoms with E-state index in [-0.39, 0.29) is 17.5 Å². The zero-order valence-corrected chi connectivity index (χ0v) is 17.4. The minimum absolute atomic E-state index is 0.0195. The van der Waals surface area contributed by atoms with Crippen LogP contribution in [-0.2, 0) is 0 Å². The van der Waals surface area contributed by atoms with Gasteiger partial charge in [-0.3, -0.25) is 4.79 Å². The van der Waals surface area contributed by atoms with Gasteiger partial charge in [-0.25, -0.2) is 4.98 Å². The number of nitrogens with one attached hydrogen (secondary N) is 1. The van der Waals surface area contributed by atoms with Crippen molar-refractivity contribution >= 4 is 23.5 Å². The number of oxazole rings is 1. The van der Waals surface area contributed by atoms with Crippen LogP contribution in [0, 0.1) is 0 Å². The quantitative estimate of drug-likeness (QED) is 0.496. The van der Waals surface area contributed by atoms with Crippen LogP contribution >= 0.6 is 0 Å². The van der Waals surface area contributed by atoms with Crippen LogP contribution in [0.5, 0.6) is 5.75 Å². The molecule has 0 atom stereocenters. The second kappa shape index (κ2) is 7.94. The van der Waals surface area contributed by atoms with Gasteiger partial charge in [0.25, 0.3) is 5.91 Å². The molecule has 4 aromatic rings. The maximum atomic E-state index is 12.8. The molecule has 0 saturated heterocycles. The number of anilines is 3. The molecule has 31 heavy (non-hydrogen) atoms. The fourth-order valence-electron chi connectivity index (χ4n) is 2.91. The largest absolute Gasteiger partial charge is 0.488 e. The first-order valence-electron chi connectivity index (χ1n) is 9.61. The number of carbonyl (C=O) groups is 1. The van der Waals surface area contributed by atoms with E-state index in [2.05, 4.69) is 20.4 Å². The summed E-state index contributed by atoms with van der Waals surface area (Å²) in [7, 11) is 0. The number of hydrogen-bond acceptors (Lipinski definition) is 8. The summed E-state index contributed by atoms with van der Waals surface area (Å²) < 4.78 is 12.2. The normalized spacial score (nSPS) is 11.3. The summed E-state index contributed by atoms with van der Waals surface area (Å²) in [6, 6.07) is 14.2. The number of ether oxygens (including phenoxy) is 1. The molecule has 3 N–H and O–H groups in total. The molecule has 2 heterocycles. The standard InChI is InChI=1S/C22H22N6O3/c1-22(2,3)31-17-9-7-14(8-10-17)19(29)28-20(23)26-21(27-28)25-16-6-4-5-15(11-16)18-12-24-13-30-18/h4-13H,1-3H3,(H3,23,25,26,27). The maximum absolute atomic E-state index is 12.8. The number of nitrogens with two attached hydrogens (primary N) is 1. The van der Waals surface area contributed by atoms with Crippen molar-refractivity contribution in [1.29, 1.82) is 0 Å². The third kappa shape index (κ3) is 4.72. The number of nitrogens with zero attached hydrogens (tertiary/aromatic N) is 4. The molecule has 0 aliphatic carbocycles. The summed E-state index contributed by atoms with van der Waals surface area (Å²) in [4.78, 5) is 20.9. The molecule has 0 aliphatic heterocycles. The average Bonchev–Trinajstić information content (AvgIpc) is 3.37. The molecule has 9 nitrogen and oxygen atoms in total. The van der Waals surface area contributed by atoms with Crippen molar-refractivity contribution in [3.05, 3.63) is 66.7 Å². The fourth-order valence-corrected chi connectivity index (χ4v) is 2.91. The highest BCUT2D eigenvalue weighted by Crippen LogP contribution is 2.24. The second-order valence-corrected chi connectivity index (χ2v) is 7.82. The molecule has 0 amide bonds. The van der Waals surface area contributed by atoms with Crippen LogP contribution in [0.1, 0.15) is 31.1 Å². The first-order valence-corrected chi connectivity index (χ1v) is 9.61. The Morgan fingerprint density at radius 2 is 1.94 bits per heavy atom. The van der Waals surface area contributed by atoms with Crippen LogP contribution in [0.3, 0.4) is 0 Å². The lowest BCUT2D eigenvalue weighted by Crippen LogP contribution is -2.23. The maximum Gasteiger partial charge on any atom is 0.281 e. The van der Waals surface area contributed by atoms with E-state index >= 15 is 0 Å². The Hall–Kier alpha value is -4.14. The van der Waals surface area contributed by atoms with Crippen LogP contribution in [0.2, 0.25) is 0 Å². The van der Waals surface area contributed by atoms with E-state index < -0.39 is 5.91 Å². The molecular weight excluding hydrogens is 396 g/mol. The second-order valence-electron chi connectivity index (χ2n) is 7.82.